The van der Waals surface area contributed by atoms with E-state index >= 15 is 0 Å². The SMILES string of the molecule is CCOC(=O)C1C(C)=NC2=C(C(=O)CCC2)[C@H]1c1cccc(Cl)c1Cl. The van der Waals surface area contributed by atoms with Crippen molar-refractivity contribution in [1.29, 1.82) is 0 Å². The lowest BCUT2D eigenvalue weighted by molar-refractivity contribution is -0.146. The summed E-state index contributed by atoms with van der Waals surface area (Å²) in [5.41, 5.74) is 2.66. The third-order valence-electron chi connectivity index (χ3n) is 4.69. The molecular weight excluding hydrogens is 361 g/mol. The number of allylic oxidation sites excluding steroid dienone is 2. The Bertz CT molecular complexity index is 798. The van der Waals surface area contributed by atoms with Gasteiger partial charge in [-0.3, -0.25) is 14.6 Å². The van der Waals surface area contributed by atoms with Crippen molar-refractivity contribution in [2.45, 2.75) is 39.0 Å². The van der Waals surface area contributed by atoms with Gasteiger partial charge in [0.1, 0.15) is 5.92 Å². The number of esters is 1. The van der Waals surface area contributed by atoms with Crippen LogP contribution < -0.4 is 0 Å². The summed E-state index contributed by atoms with van der Waals surface area (Å²) in [6.07, 6.45) is 1.95. The topological polar surface area (TPSA) is 55.7 Å². The third kappa shape index (κ3) is 3.25. The largest absolute Gasteiger partial charge is 0.465 e. The van der Waals surface area contributed by atoms with E-state index in [1.165, 1.54) is 0 Å². The lowest BCUT2D eigenvalue weighted by Crippen LogP contribution is -2.37. The molecule has 0 saturated carbocycles. The number of aliphatic imine (C=N–C) groups is 1. The second-order valence-corrected chi connectivity index (χ2v) is 7.03. The fraction of sp³-hybridized carbons (Fsp3) is 0.421. The van der Waals surface area contributed by atoms with Crippen LogP contribution in [0.3, 0.4) is 0 Å². The van der Waals surface area contributed by atoms with Crippen molar-refractivity contribution in [3.05, 3.63) is 45.1 Å². The van der Waals surface area contributed by atoms with E-state index in [9.17, 15) is 9.59 Å². The molecule has 25 heavy (non-hydrogen) atoms. The molecule has 0 bridgehead atoms. The van der Waals surface area contributed by atoms with Crippen LogP contribution in [0.15, 0.2) is 34.5 Å². The second kappa shape index (κ2) is 7.30. The number of hydrogen-bond acceptors (Lipinski definition) is 4. The van der Waals surface area contributed by atoms with E-state index in [-0.39, 0.29) is 12.4 Å². The first-order valence-corrected chi connectivity index (χ1v) is 9.13. The van der Waals surface area contributed by atoms with Crippen LogP contribution in [0.4, 0.5) is 0 Å². The molecule has 1 aliphatic heterocycles. The van der Waals surface area contributed by atoms with E-state index in [0.29, 0.717) is 33.3 Å². The molecule has 2 aliphatic rings. The van der Waals surface area contributed by atoms with Gasteiger partial charge in [-0.25, -0.2) is 0 Å². The molecule has 3 rings (SSSR count). The molecule has 0 N–H and O–H groups in total. The first-order chi connectivity index (χ1) is 12.0. The van der Waals surface area contributed by atoms with Crippen LogP contribution >= 0.6 is 23.2 Å². The zero-order chi connectivity index (χ0) is 18.1. The highest BCUT2D eigenvalue weighted by Gasteiger charge is 2.43. The number of rotatable bonds is 3. The monoisotopic (exact) mass is 379 g/mol. The maximum absolute atomic E-state index is 12.7. The minimum atomic E-state index is -0.670. The molecular formula is C19H19Cl2NO3. The Labute approximate surface area is 156 Å². The third-order valence-corrected chi connectivity index (χ3v) is 5.53. The Morgan fingerprint density at radius 2 is 2.08 bits per heavy atom. The highest BCUT2D eigenvalue weighted by molar-refractivity contribution is 6.42. The van der Waals surface area contributed by atoms with Gasteiger partial charge in [0.2, 0.25) is 0 Å². The first-order valence-electron chi connectivity index (χ1n) is 8.37. The molecule has 4 nitrogen and oxygen atoms in total. The number of benzene rings is 1. The molecule has 2 atom stereocenters. The van der Waals surface area contributed by atoms with Crippen LogP contribution in [0.5, 0.6) is 0 Å². The van der Waals surface area contributed by atoms with Crippen molar-refractivity contribution >= 4 is 40.7 Å². The molecule has 6 heteroatoms. The quantitative estimate of drug-likeness (QED) is 0.712. The van der Waals surface area contributed by atoms with E-state index < -0.39 is 17.8 Å². The highest BCUT2D eigenvalue weighted by Crippen LogP contribution is 2.46. The molecule has 0 radical (unpaired) electrons. The van der Waals surface area contributed by atoms with Gasteiger partial charge >= 0.3 is 5.97 Å². The molecule has 132 valence electrons. The molecule has 0 saturated heterocycles. The van der Waals surface area contributed by atoms with Crippen molar-refractivity contribution in [3.8, 4) is 0 Å². The number of hydrogen-bond donors (Lipinski definition) is 0. The number of Topliss-reactive ketones (excluding diaryl/α,β-unsaturated/α-hetero) is 1. The summed E-state index contributed by atoms with van der Waals surface area (Å²) in [5, 5.41) is 0.760. The van der Waals surface area contributed by atoms with Crippen molar-refractivity contribution in [1.82, 2.24) is 0 Å². The van der Waals surface area contributed by atoms with Crippen molar-refractivity contribution in [3.63, 3.8) is 0 Å². The lowest BCUT2D eigenvalue weighted by atomic mass is 9.71. The Morgan fingerprint density at radius 3 is 2.80 bits per heavy atom. The van der Waals surface area contributed by atoms with Gasteiger partial charge in [0.05, 0.1) is 16.7 Å². The number of carbonyl (C=O) groups is 2. The number of ether oxygens (including phenoxy) is 1. The van der Waals surface area contributed by atoms with Crippen molar-refractivity contribution < 1.29 is 14.3 Å². The fourth-order valence-electron chi connectivity index (χ4n) is 3.64. The minimum Gasteiger partial charge on any atom is -0.465 e. The average Bonchev–Trinajstić information content (AvgIpc) is 2.56. The molecule has 0 aromatic heterocycles. The van der Waals surface area contributed by atoms with Crippen LogP contribution in [0.2, 0.25) is 10.0 Å². The van der Waals surface area contributed by atoms with Crippen LogP contribution in [-0.2, 0) is 14.3 Å². The summed E-state index contributed by atoms with van der Waals surface area (Å²) in [7, 11) is 0. The van der Waals surface area contributed by atoms with Gasteiger partial charge in [-0.2, -0.15) is 0 Å². The molecule has 0 amide bonds. The Hall–Kier alpha value is -1.65. The van der Waals surface area contributed by atoms with Gasteiger partial charge in [0, 0.05) is 29.3 Å². The Morgan fingerprint density at radius 1 is 1.32 bits per heavy atom. The molecule has 1 aliphatic carbocycles. The van der Waals surface area contributed by atoms with Gasteiger partial charge in [0.25, 0.3) is 0 Å². The van der Waals surface area contributed by atoms with Crippen LogP contribution in [0, 0.1) is 5.92 Å². The molecule has 0 spiro atoms. The predicted octanol–water partition coefficient (Wildman–Crippen LogP) is 4.74. The standard InChI is InChI=1S/C19H19Cl2NO3/c1-3-25-19(24)15-10(2)22-13-8-5-9-14(23)17(13)16(15)11-6-4-7-12(20)18(11)21/h4,6-7,15-16H,3,5,8-9H2,1-2H3/t15?,16-/m0/s1. The molecule has 1 aromatic carbocycles. The van der Waals surface area contributed by atoms with Gasteiger partial charge in [-0.05, 0) is 38.3 Å². The summed E-state index contributed by atoms with van der Waals surface area (Å²) in [4.78, 5) is 29.9. The zero-order valence-corrected chi connectivity index (χ0v) is 15.7. The molecule has 0 fully saturated rings. The summed E-state index contributed by atoms with van der Waals surface area (Å²) in [5.74, 6) is -1.55. The molecule has 1 unspecified atom stereocenters. The smallest absolute Gasteiger partial charge is 0.315 e. The lowest BCUT2D eigenvalue weighted by Gasteiger charge is -2.34. The zero-order valence-electron chi connectivity index (χ0n) is 14.1. The maximum Gasteiger partial charge on any atom is 0.315 e. The summed E-state index contributed by atoms with van der Waals surface area (Å²) in [6.45, 7) is 3.82. The maximum atomic E-state index is 12.7. The van der Waals surface area contributed by atoms with Gasteiger partial charge in [-0.1, -0.05) is 35.3 Å². The van der Waals surface area contributed by atoms with Crippen LogP contribution in [0.1, 0.15) is 44.6 Å². The van der Waals surface area contributed by atoms with Crippen LogP contribution in [-0.4, -0.2) is 24.1 Å². The number of carbonyl (C=O) groups excluding carboxylic acids is 2. The highest BCUT2D eigenvalue weighted by atomic mass is 35.5. The van der Waals surface area contributed by atoms with Crippen molar-refractivity contribution in [2.75, 3.05) is 6.61 Å². The normalized spacial score (nSPS) is 23.2. The Kier molecular flexibility index (Phi) is 5.30. The number of ketones is 1. The summed E-state index contributed by atoms with van der Waals surface area (Å²) in [6, 6.07) is 5.28. The van der Waals surface area contributed by atoms with Gasteiger partial charge < -0.3 is 4.74 Å². The van der Waals surface area contributed by atoms with Gasteiger partial charge in [-0.15, -0.1) is 0 Å². The van der Waals surface area contributed by atoms with Crippen LogP contribution in [0.25, 0.3) is 0 Å². The second-order valence-electron chi connectivity index (χ2n) is 6.24. The molecule has 1 aromatic rings. The van der Waals surface area contributed by atoms with Gasteiger partial charge in [0.15, 0.2) is 5.78 Å². The first kappa shape index (κ1) is 18.2. The fourth-order valence-corrected chi connectivity index (χ4v) is 4.07. The predicted molar refractivity (Wildman–Crippen MR) is 98.3 cm³/mol. The number of nitrogens with zero attached hydrogens (tertiary/aromatic N) is 1. The summed E-state index contributed by atoms with van der Waals surface area (Å²) >= 11 is 12.6. The van der Waals surface area contributed by atoms with E-state index in [4.69, 9.17) is 27.9 Å². The average molecular weight is 380 g/mol. The summed E-state index contributed by atoms with van der Waals surface area (Å²) < 4.78 is 5.26. The van der Waals surface area contributed by atoms with E-state index in [0.717, 1.165) is 18.5 Å². The van der Waals surface area contributed by atoms with Crippen molar-refractivity contribution in [2.24, 2.45) is 10.9 Å². The number of halogens is 2. The van der Waals surface area contributed by atoms with E-state index in [2.05, 4.69) is 4.99 Å². The Balaban J connectivity index is 2.21. The molecule has 1 heterocycles. The minimum absolute atomic E-state index is 0.0211. The van der Waals surface area contributed by atoms with E-state index in [1.807, 2.05) is 6.07 Å². The van der Waals surface area contributed by atoms with E-state index in [1.54, 1.807) is 26.0 Å².